The molecule has 4 heteroatoms. The van der Waals surface area contributed by atoms with Gasteiger partial charge in [-0.25, -0.2) is 0 Å². The van der Waals surface area contributed by atoms with E-state index in [9.17, 15) is 14.7 Å². The SMILES string of the molecule is CCCC1OC(=O)CCCC=CC(=O)C1O. The highest BCUT2D eigenvalue weighted by molar-refractivity contribution is 5.94. The van der Waals surface area contributed by atoms with E-state index in [1.54, 1.807) is 6.08 Å². The van der Waals surface area contributed by atoms with Gasteiger partial charge in [0.2, 0.25) is 0 Å². The summed E-state index contributed by atoms with van der Waals surface area (Å²) >= 11 is 0. The third-order valence-electron chi connectivity index (χ3n) is 2.53. The Morgan fingerprint density at radius 1 is 1.50 bits per heavy atom. The average molecular weight is 226 g/mol. The summed E-state index contributed by atoms with van der Waals surface area (Å²) in [4.78, 5) is 22.9. The molecule has 16 heavy (non-hydrogen) atoms. The van der Waals surface area contributed by atoms with Gasteiger partial charge in [0.25, 0.3) is 0 Å². The molecule has 2 atom stereocenters. The van der Waals surface area contributed by atoms with E-state index in [-0.39, 0.29) is 11.8 Å². The maximum atomic E-state index is 11.5. The van der Waals surface area contributed by atoms with Crippen LogP contribution in [0.15, 0.2) is 12.2 Å². The van der Waals surface area contributed by atoms with Crippen molar-refractivity contribution in [2.45, 2.75) is 51.2 Å². The lowest BCUT2D eigenvalue weighted by atomic mass is 10.0. The van der Waals surface area contributed by atoms with E-state index in [4.69, 9.17) is 4.74 Å². The zero-order valence-corrected chi connectivity index (χ0v) is 9.52. The molecule has 1 rings (SSSR count). The van der Waals surface area contributed by atoms with Crippen LogP contribution in [0.4, 0.5) is 0 Å². The highest BCUT2D eigenvalue weighted by Gasteiger charge is 2.27. The van der Waals surface area contributed by atoms with E-state index < -0.39 is 12.2 Å². The molecule has 0 saturated carbocycles. The molecule has 4 nitrogen and oxygen atoms in total. The smallest absolute Gasteiger partial charge is 0.306 e. The first-order valence-corrected chi connectivity index (χ1v) is 5.73. The Labute approximate surface area is 95.3 Å². The topological polar surface area (TPSA) is 63.6 Å². The second-order valence-corrected chi connectivity index (χ2v) is 3.96. The number of aliphatic hydroxyl groups excluding tert-OH is 1. The molecule has 0 aliphatic carbocycles. The fourth-order valence-corrected chi connectivity index (χ4v) is 1.64. The molecule has 0 bridgehead atoms. The predicted molar refractivity (Wildman–Crippen MR) is 58.8 cm³/mol. The minimum atomic E-state index is -1.22. The molecule has 1 N–H and O–H groups in total. The van der Waals surface area contributed by atoms with Crippen LogP contribution in [-0.2, 0) is 14.3 Å². The molecule has 0 radical (unpaired) electrons. The van der Waals surface area contributed by atoms with Crippen LogP contribution in [-0.4, -0.2) is 29.1 Å². The molecule has 0 aromatic rings. The van der Waals surface area contributed by atoms with Crippen LogP contribution in [0.5, 0.6) is 0 Å². The molecule has 0 amide bonds. The Bertz CT molecular complexity index is 283. The number of hydrogen-bond acceptors (Lipinski definition) is 4. The van der Waals surface area contributed by atoms with Crippen molar-refractivity contribution in [3.8, 4) is 0 Å². The number of hydrogen-bond donors (Lipinski definition) is 1. The van der Waals surface area contributed by atoms with Crippen LogP contribution in [0.1, 0.15) is 39.0 Å². The first kappa shape index (κ1) is 12.9. The average Bonchev–Trinajstić information content (AvgIpc) is 2.26. The number of carbonyl (C=O) groups is 2. The van der Waals surface area contributed by atoms with Gasteiger partial charge in [-0.1, -0.05) is 19.4 Å². The monoisotopic (exact) mass is 226 g/mol. The predicted octanol–water partition coefficient (Wildman–Crippen LogP) is 1.37. The summed E-state index contributed by atoms with van der Waals surface area (Å²) < 4.78 is 5.11. The molecule has 0 saturated heterocycles. The molecule has 90 valence electrons. The van der Waals surface area contributed by atoms with Crippen molar-refractivity contribution in [1.29, 1.82) is 0 Å². The second kappa shape index (κ2) is 6.43. The number of allylic oxidation sites excluding steroid dienone is 1. The number of esters is 1. The summed E-state index contributed by atoms with van der Waals surface area (Å²) in [6, 6.07) is 0. The van der Waals surface area contributed by atoms with Crippen molar-refractivity contribution in [3.05, 3.63) is 12.2 Å². The lowest BCUT2D eigenvalue weighted by Crippen LogP contribution is -2.37. The number of aliphatic hydroxyl groups is 1. The minimum absolute atomic E-state index is 0.333. The van der Waals surface area contributed by atoms with E-state index >= 15 is 0 Å². The maximum Gasteiger partial charge on any atom is 0.306 e. The first-order chi connectivity index (χ1) is 7.65. The van der Waals surface area contributed by atoms with Gasteiger partial charge in [0, 0.05) is 6.42 Å². The standard InChI is InChI=1S/C12H18O4/c1-2-6-10-12(15)9(13)7-4-3-5-8-11(14)16-10/h4,7,10,12,15H,2-3,5-6,8H2,1H3. The van der Waals surface area contributed by atoms with Gasteiger partial charge < -0.3 is 9.84 Å². The fraction of sp³-hybridized carbons (Fsp3) is 0.667. The van der Waals surface area contributed by atoms with Crippen molar-refractivity contribution >= 4 is 11.8 Å². The van der Waals surface area contributed by atoms with Gasteiger partial charge >= 0.3 is 5.97 Å². The molecule has 0 aromatic carbocycles. The van der Waals surface area contributed by atoms with Gasteiger partial charge in [-0.05, 0) is 25.3 Å². The van der Waals surface area contributed by atoms with Crippen LogP contribution in [0, 0.1) is 0 Å². The van der Waals surface area contributed by atoms with Crippen LogP contribution in [0.2, 0.25) is 0 Å². The Hall–Kier alpha value is -1.16. The molecule has 1 heterocycles. The zero-order valence-electron chi connectivity index (χ0n) is 9.52. The maximum absolute atomic E-state index is 11.5. The Balaban J connectivity index is 2.76. The molecular weight excluding hydrogens is 208 g/mol. The summed E-state index contributed by atoms with van der Waals surface area (Å²) in [7, 11) is 0. The van der Waals surface area contributed by atoms with Crippen LogP contribution in [0.3, 0.4) is 0 Å². The van der Waals surface area contributed by atoms with Crippen LogP contribution in [0.25, 0.3) is 0 Å². The number of ether oxygens (including phenoxy) is 1. The van der Waals surface area contributed by atoms with Gasteiger partial charge in [0.05, 0.1) is 0 Å². The number of rotatable bonds is 2. The molecule has 0 fully saturated rings. The number of ketones is 1. The van der Waals surface area contributed by atoms with E-state index in [0.29, 0.717) is 25.7 Å². The van der Waals surface area contributed by atoms with Crippen LogP contribution >= 0.6 is 0 Å². The summed E-state index contributed by atoms with van der Waals surface area (Å²) in [5, 5.41) is 9.73. The minimum Gasteiger partial charge on any atom is -0.459 e. The summed E-state index contributed by atoms with van der Waals surface area (Å²) in [5.41, 5.74) is 0. The lowest BCUT2D eigenvalue weighted by molar-refractivity contribution is -0.157. The third kappa shape index (κ3) is 3.77. The molecule has 0 aromatic heterocycles. The molecular formula is C12H18O4. The van der Waals surface area contributed by atoms with E-state index in [2.05, 4.69) is 0 Å². The molecule has 1 aliphatic heterocycles. The normalized spacial score (nSPS) is 27.6. The molecule has 0 spiro atoms. The summed E-state index contributed by atoms with van der Waals surface area (Å²) in [5.74, 6) is -0.714. The van der Waals surface area contributed by atoms with Gasteiger partial charge in [0.1, 0.15) is 6.10 Å². The van der Waals surface area contributed by atoms with Gasteiger partial charge in [-0.2, -0.15) is 0 Å². The number of carbonyl (C=O) groups excluding carboxylic acids is 2. The Morgan fingerprint density at radius 3 is 2.94 bits per heavy atom. The van der Waals surface area contributed by atoms with E-state index in [1.807, 2.05) is 6.92 Å². The van der Waals surface area contributed by atoms with Crippen molar-refractivity contribution in [3.63, 3.8) is 0 Å². The number of cyclic esters (lactones) is 1. The van der Waals surface area contributed by atoms with E-state index in [0.717, 1.165) is 6.42 Å². The molecule has 2 unspecified atom stereocenters. The highest BCUT2D eigenvalue weighted by Crippen LogP contribution is 2.13. The van der Waals surface area contributed by atoms with Gasteiger partial charge in [-0.3, -0.25) is 9.59 Å². The highest BCUT2D eigenvalue weighted by atomic mass is 16.6. The summed E-state index contributed by atoms with van der Waals surface area (Å²) in [6.45, 7) is 1.92. The quantitative estimate of drug-likeness (QED) is 0.722. The lowest BCUT2D eigenvalue weighted by Gasteiger charge is -2.21. The van der Waals surface area contributed by atoms with Gasteiger partial charge in [0.15, 0.2) is 11.9 Å². The van der Waals surface area contributed by atoms with Crippen LogP contribution < -0.4 is 0 Å². The fourth-order valence-electron chi connectivity index (χ4n) is 1.64. The first-order valence-electron chi connectivity index (χ1n) is 5.73. The third-order valence-corrected chi connectivity index (χ3v) is 2.53. The van der Waals surface area contributed by atoms with E-state index in [1.165, 1.54) is 6.08 Å². The molecule has 1 aliphatic rings. The van der Waals surface area contributed by atoms with Crippen molar-refractivity contribution in [2.75, 3.05) is 0 Å². The van der Waals surface area contributed by atoms with Crippen molar-refractivity contribution in [2.24, 2.45) is 0 Å². The van der Waals surface area contributed by atoms with Crippen molar-refractivity contribution < 1.29 is 19.4 Å². The zero-order chi connectivity index (χ0) is 12.0. The Kier molecular flexibility index (Phi) is 5.19. The Morgan fingerprint density at radius 2 is 2.25 bits per heavy atom. The largest absolute Gasteiger partial charge is 0.459 e. The van der Waals surface area contributed by atoms with Gasteiger partial charge in [-0.15, -0.1) is 0 Å². The van der Waals surface area contributed by atoms with Crippen molar-refractivity contribution in [1.82, 2.24) is 0 Å². The second-order valence-electron chi connectivity index (χ2n) is 3.96. The summed E-state index contributed by atoms with van der Waals surface area (Å²) in [6.07, 6.45) is 4.10.